The summed E-state index contributed by atoms with van der Waals surface area (Å²) in [5, 5.41) is 2.01. The third-order valence-electron chi connectivity index (χ3n) is 0.328. The van der Waals surface area contributed by atoms with E-state index in [4.69, 9.17) is 11.8 Å². The summed E-state index contributed by atoms with van der Waals surface area (Å²) in [7, 11) is 0. The molecule has 0 bridgehead atoms. The molecule has 0 heterocycles. The standard InChI is InChI=1S/C2BrN2PS3/c3-6(9,4-1-7)5-2-8. The lowest BCUT2D eigenvalue weighted by Gasteiger charge is -1.91. The maximum absolute atomic E-state index is 4.78. The molecule has 0 radical (unpaired) electrons. The summed E-state index contributed by atoms with van der Waals surface area (Å²) in [5.41, 5.74) is 0. The number of halogens is 1. The first-order chi connectivity index (χ1) is 4.12. The molecule has 0 aromatic rings. The summed E-state index contributed by atoms with van der Waals surface area (Å²) >= 11 is 16.4. The van der Waals surface area contributed by atoms with Gasteiger partial charge in [-0.2, -0.15) is 9.53 Å². The minimum Gasteiger partial charge on any atom is -0.165 e. The van der Waals surface area contributed by atoms with Crippen LogP contribution in [0.4, 0.5) is 0 Å². The number of hydrogen-bond acceptors (Lipinski definition) is 3. The second kappa shape index (κ2) is 4.53. The molecule has 0 spiro atoms. The largest absolute Gasteiger partial charge is 0.242 e. The average Bonchev–Trinajstić information content (AvgIpc) is 1.64. The van der Waals surface area contributed by atoms with Crippen LogP contribution in [0.5, 0.6) is 0 Å². The number of thiocarbonyl (C=S) groups is 2. The van der Waals surface area contributed by atoms with Gasteiger partial charge < -0.3 is 0 Å². The lowest BCUT2D eigenvalue weighted by Crippen LogP contribution is -1.53. The minimum atomic E-state index is -2.23. The quantitative estimate of drug-likeness (QED) is 0.433. The van der Waals surface area contributed by atoms with Crippen LogP contribution in [0.25, 0.3) is 0 Å². The predicted octanol–water partition coefficient (Wildman–Crippen LogP) is 2.81. The monoisotopic (exact) mass is 258 g/mol. The van der Waals surface area contributed by atoms with Crippen molar-refractivity contribution >= 4 is 67.1 Å². The highest BCUT2D eigenvalue weighted by Gasteiger charge is 2.03. The molecule has 7 heteroatoms. The van der Waals surface area contributed by atoms with Crippen LogP contribution in [0, 0.1) is 0 Å². The van der Waals surface area contributed by atoms with E-state index in [2.05, 4.69) is 59.8 Å². The molecule has 48 valence electrons. The highest BCUT2D eigenvalue weighted by Crippen LogP contribution is 2.56. The molecule has 0 atom stereocenters. The summed E-state index contributed by atoms with van der Waals surface area (Å²) in [6.45, 7) is 0. The molecular formula is C2BrN2PS3. The van der Waals surface area contributed by atoms with Crippen molar-refractivity contribution in [2.24, 2.45) is 9.53 Å². The Hall–Kier alpha value is 0.730. The van der Waals surface area contributed by atoms with E-state index >= 15 is 0 Å². The zero-order valence-corrected chi connectivity index (χ0v) is 8.87. The summed E-state index contributed by atoms with van der Waals surface area (Å²) < 4.78 is 7.12. The lowest BCUT2D eigenvalue weighted by molar-refractivity contribution is 1.85. The third kappa shape index (κ3) is 5.19. The molecule has 0 aliphatic rings. The zero-order chi connectivity index (χ0) is 7.33. The van der Waals surface area contributed by atoms with Crippen molar-refractivity contribution in [2.45, 2.75) is 0 Å². The van der Waals surface area contributed by atoms with Gasteiger partial charge in [0.2, 0.25) is 5.04 Å². The second-order valence-corrected chi connectivity index (χ2v) is 8.47. The van der Waals surface area contributed by atoms with E-state index in [-0.39, 0.29) is 0 Å². The summed E-state index contributed by atoms with van der Waals surface area (Å²) in [6.07, 6.45) is 0. The minimum absolute atomic E-state index is 2.12. The number of nitrogens with zero attached hydrogens (tertiary/aromatic N) is 2. The van der Waals surface area contributed by atoms with Crippen LogP contribution >= 0.6 is 45.0 Å². The van der Waals surface area contributed by atoms with E-state index in [1.54, 1.807) is 0 Å². The molecule has 0 saturated heterocycles. The molecule has 0 saturated carbocycles. The number of rotatable bonds is 2. The third-order valence-corrected chi connectivity index (χ3v) is 2.92. The summed E-state index contributed by atoms with van der Waals surface area (Å²) in [5.74, 6) is 0. The Morgan fingerprint density at radius 2 is 1.56 bits per heavy atom. The summed E-state index contributed by atoms with van der Waals surface area (Å²) in [4.78, 5) is 0. The van der Waals surface area contributed by atoms with Crippen LogP contribution < -0.4 is 0 Å². The van der Waals surface area contributed by atoms with Crippen molar-refractivity contribution in [1.82, 2.24) is 0 Å². The molecule has 9 heavy (non-hydrogen) atoms. The van der Waals surface area contributed by atoms with E-state index < -0.39 is 5.04 Å². The predicted molar refractivity (Wildman–Crippen MR) is 53.3 cm³/mol. The fourth-order valence-electron chi connectivity index (χ4n) is 0.123. The van der Waals surface area contributed by atoms with Gasteiger partial charge in [0.1, 0.15) is 0 Å². The Bertz CT molecular complexity index is 216. The van der Waals surface area contributed by atoms with Crippen LogP contribution in [-0.4, -0.2) is 10.3 Å². The molecule has 0 fully saturated rings. The first kappa shape index (κ1) is 9.73. The normalized spacial score (nSPS) is 14.3. The molecule has 0 aliphatic heterocycles. The van der Waals surface area contributed by atoms with E-state index in [0.29, 0.717) is 0 Å². The highest BCUT2D eigenvalue weighted by molar-refractivity contribution is 9.43. The van der Waals surface area contributed by atoms with Crippen LogP contribution in [-0.2, 0) is 11.8 Å². The molecular weight excluding hydrogens is 259 g/mol. The average molecular weight is 259 g/mol. The number of isothiocyanates is 2. The van der Waals surface area contributed by atoms with Crippen LogP contribution in [0.2, 0.25) is 0 Å². The Morgan fingerprint density at radius 3 is 1.78 bits per heavy atom. The molecule has 0 unspecified atom stereocenters. The molecule has 0 N–H and O–H groups in total. The molecule has 2 nitrogen and oxygen atoms in total. The molecule has 0 aliphatic carbocycles. The SMILES string of the molecule is S=C=NP(=S)(Br)N=C=S. The summed E-state index contributed by atoms with van der Waals surface area (Å²) in [6, 6.07) is 0. The van der Waals surface area contributed by atoms with Crippen LogP contribution in [0.1, 0.15) is 0 Å². The van der Waals surface area contributed by atoms with Crippen molar-refractivity contribution in [2.75, 3.05) is 0 Å². The number of hydrogen-bond donors (Lipinski definition) is 0. The van der Waals surface area contributed by atoms with Gasteiger partial charge in [-0.1, -0.05) is 0 Å². The van der Waals surface area contributed by atoms with Gasteiger partial charge in [0.15, 0.2) is 0 Å². The second-order valence-electron chi connectivity index (χ2n) is 0.856. The molecule has 0 aromatic carbocycles. The van der Waals surface area contributed by atoms with Gasteiger partial charge in [-0.15, -0.1) is 0 Å². The topological polar surface area (TPSA) is 24.7 Å². The fourth-order valence-corrected chi connectivity index (χ4v) is 2.74. The maximum Gasteiger partial charge on any atom is 0.242 e. The maximum atomic E-state index is 4.78. The Balaban J connectivity index is 4.59. The van der Waals surface area contributed by atoms with Gasteiger partial charge >= 0.3 is 0 Å². The van der Waals surface area contributed by atoms with Crippen LogP contribution in [0.15, 0.2) is 9.53 Å². The van der Waals surface area contributed by atoms with Gasteiger partial charge in [0.05, 0.1) is 10.3 Å². The van der Waals surface area contributed by atoms with Crippen molar-refractivity contribution in [1.29, 1.82) is 0 Å². The fraction of sp³-hybridized carbons (Fsp3) is 0. The zero-order valence-electron chi connectivity index (χ0n) is 3.94. The van der Waals surface area contributed by atoms with Crippen molar-refractivity contribution in [3.8, 4) is 0 Å². The Labute approximate surface area is 76.3 Å². The van der Waals surface area contributed by atoms with E-state index in [1.165, 1.54) is 0 Å². The molecule has 0 aromatic heterocycles. The van der Waals surface area contributed by atoms with Crippen molar-refractivity contribution in [3.63, 3.8) is 0 Å². The molecule has 0 rings (SSSR count). The van der Waals surface area contributed by atoms with Gasteiger partial charge in [-0.05, 0) is 36.2 Å². The lowest BCUT2D eigenvalue weighted by atomic mass is 11.8. The van der Waals surface area contributed by atoms with Gasteiger partial charge in [0.25, 0.3) is 0 Å². The first-order valence-corrected chi connectivity index (χ1v) is 7.15. The van der Waals surface area contributed by atoms with E-state index in [0.717, 1.165) is 0 Å². The van der Waals surface area contributed by atoms with Crippen LogP contribution in [0.3, 0.4) is 0 Å². The van der Waals surface area contributed by atoms with E-state index in [9.17, 15) is 0 Å². The first-order valence-electron chi connectivity index (χ1n) is 1.61. The van der Waals surface area contributed by atoms with E-state index in [1.807, 2.05) is 0 Å². The van der Waals surface area contributed by atoms with Gasteiger partial charge in [-0.3, -0.25) is 0 Å². The Morgan fingerprint density at radius 1 is 1.22 bits per heavy atom. The van der Waals surface area contributed by atoms with Gasteiger partial charge in [0, 0.05) is 15.5 Å². The smallest absolute Gasteiger partial charge is 0.165 e. The Kier molecular flexibility index (Phi) is 4.90. The molecule has 0 amide bonds. The van der Waals surface area contributed by atoms with Crippen molar-refractivity contribution in [3.05, 3.63) is 0 Å². The van der Waals surface area contributed by atoms with Crippen molar-refractivity contribution < 1.29 is 0 Å². The van der Waals surface area contributed by atoms with Gasteiger partial charge in [-0.25, -0.2) is 0 Å². The highest BCUT2D eigenvalue weighted by atomic mass is 79.9.